The lowest BCUT2D eigenvalue weighted by molar-refractivity contribution is 1.29. The van der Waals surface area contributed by atoms with E-state index in [9.17, 15) is 0 Å². The zero-order valence-electron chi connectivity index (χ0n) is 6.23. The number of aromatic nitrogens is 2. The number of fused-ring (bicyclic) bond motifs is 1. The third kappa shape index (κ3) is 0.995. The summed E-state index contributed by atoms with van der Waals surface area (Å²) < 4.78 is 0. The summed E-state index contributed by atoms with van der Waals surface area (Å²) in [5, 5.41) is 8.56. The molecule has 2 aromatic rings. The van der Waals surface area contributed by atoms with Crippen LogP contribution < -0.4 is 0 Å². The van der Waals surface area contributed by atoms with Crippen molar-refractivity contribution >= 4 is 11.0 Å². The smallest absolute Gasteiger partial charge is 0.141 e. The van der Waals surface area contributed by atoms with E-state index in [1.807, 2.05) is 12.1 Å². The zero-order valence-corrected chi connectivity index (χ0v) is 6.23. The van der Waals surface area contributed by atoms with E-state index in [2.05, 4.69) is 9.97 Å². The Bertz CT molecular complexity index is 457. The second kappa shape index (κ2) is 2.59. The van der Waals surface area contributed by atoms with Gasteiger partial charge in [-0.3, -0.25) is 4.98 Å². The van der Waals surface area contributed by atoms with Crippen LogP contribution in [0.4, 0.5) is 0 Å². The van der Waals surface area contributed by atoms with Crippen molar-refractivity contribution in [2.24, 2.45) is 0 Å². The highest BCUT2D eigenvalue weighted by Crippen LogP contribution is 2.07. The monoisotopic (exact) mass is 155 g/mol. The van der Waals surface area contributed by atoms with Gasteiger partial charge in [-0.1, -0.05) is 0 Å². The first kappa shape index (κ1) is 6.74. The molecule has 0 aliphatic rings. The Hall–Kier alpha value is -1.95. The summed E-state index contributed by atoms with van der Waals surface area (Å²) in [7, 11) is 0. The predicted molar refractivity (Wildman–Crippen MR) is 44.3 cm³/mol. The molecule has 0 aliphatic carbocycles. The SMILES string of the molecule is N#Cc1ccc2ncccc2n1. The summed E-state index contributed by atoms with van der Waals surface area (Å²) in [6, 6.07) is 9.07. The molecule has 0 aliphatic heterocycles. The molecule has 0 fully saturated rings. The maximum Gasteiger partial charge on any atom is 0.141 e. The van der Waals surface area contributed by atoms with Crippen LogP contribution in [0.3, 0.4) is 0 Å². The Morgan fingerprint density at radius 1 is 1.17 bits per heavy atom. The lowest BCUT2D eigenvalue weighted by atomic mass is 10.3. The first-order valence-electron chi connectivity index (χ1n) is 3.52. The average molecular weight is 155 g/mol. The van der Waals surface area contributed by atoms with Gasteiger partial charge in [0.2, 0.25) is 0 Å². The molecule has 2 rings (SSSR count). The molecule has 0 spiro atoms. The van der Waals surface area contributed by atoms with Crippen molar-refractivity contribution in [3.63, 3.8) is 0 Å². The van der Waals surface area contributed by atoms with Crippen molar-refractivity contribution in [3.8, 4) is 6.07 Å². The van der Waals surface area contributed by atoms with Gasteiger partial charge in [0.05, 0.1) is 11.0 Å². The van der Waals surface area contributed by atoms with E-state index >= 15 is 0 Å². The molecule has 2 aromatic heterocycles. The minimum absolute atomic E-state index is 0.426. The molecule has 0 unspecified atom stereocenters. The van der Waals surface area contributed by atoms with Gasteiger partial charge in [-0.05, 0) is 24.3 Å². The zero-order chi connectivity index (χ0) is 8.39. The quantitative estimate of drug-likeness (QED) is 0.579. The van der Waals surface area contributed by atoms with Gasteiger partial charge in [0, 0.05) is 6.20 Å². The van der Waals surface area contributed by atoms with E-state index in [-0.39, 0.29) is 0 Å². The van der Waals surface area contributed by atoms with Crippen molar-refractivity contribution in [1.82, 2.24) is 9.97 Å². The minimum atomic E-state index is 0.426. The Balaban J connectivity index is 2.78. The van der Waals surface area contributed by atoms with Crippen LogP contribution in [0.2, 0.25) is 0 Å². The van der Waals surface area contributed by atoms with Crippen LogP contribution in [0.25, 0.3) is 11.0 Å². The highest BCUT2D eigenvalue weighted by molar-refractivity contribution is 5.74. The normalized spacial score (nSPS) is 9.58. The van der Waals surface area contributed by atoms with Gasteiger partial charge in [-0.25, -0.2) is 4.98 Å². The predicted octanol–water partition coefficient (Wildman–Crippen LogP) is 1.50. The van der Waals surface area contributed by atoms with Gasteiger partial charge in [0.15, 0.2) is 0 Å². The molecule has 0 amide bonds. The standard InChI is InChI=1S/C9H5N3/c10-6-7-3-4-8-9(12-7)2-1-5-11-8/h1-5H. The molecule has 0 saturated carbocycles. The number of hydrogen-bond donors (Lipinski definition) is 0. The van der Waals surface area contributed by atoms with Gasteiger partial charge in [-0.2, -0.15) is 5.26 Å². The molecule has 0 radical (unpaired) electrons. The van der Waals surface area contributed by atoms with Gasteiger partial charge < -0.3 is 0 Å². The van der Waals surface area contributed by atoms with E-state index in [0.717, 1.165) is 11.0 Å². The fraction of sp³-hybridized carbons (Fsp3) is 0. The largest absolute Gasteiger partial charge is 0.255 e. The Morgan fingerprint density at radius 2 is 2.08 bits per heavy atom. The van der Waals surface area contributed by atoms with Crippen LogP contribution >= 0.6 is 0 Å². The average Bonchev–Trinajstić information content (AvgIpc) is 2.17. The van der Waals surface area contributed by atoms with Crippen LogP contribution in [0.5, 0.6) is 0 Å². The van der Waals surface area contributed by atoms with E-state index in [0.29, 0.717) is 5.69 Å². The Kier molecular flexibility index (Phi) is 1.45. The second-order valence-corrected chi connectivity index (χ2v) is 2.35. The molecule has 0 saturated heterocycles. The van der Waals surface area contributed by atoms with Gasteiger partial charge >= 0.3 is 0 Å². The minimum Gasteiger partial charge on any atom is -0.255 e. The topological polar surface area (TPSA) is 49.6 Å². The van der Waals surface area contributed by atoms with Crippen molar-refractivity contribution in [1.29, 1.82) is 5.26 Å². The molecule has 2 heterocycles. The first-order valence-corrected chi connectivity index (χ1v) is 3.52. The Morgan fingerprint density at radius 3 is 2.92 bits per heavy atom. The second-order valence-electron chi connectivity index (χ2n) is 2.35. The lowest BCUT2D eigenvalue weighted by Gasteiger charge is -1.93. The maximum atomic E-state index is 8.56. The summed E-state index contributed by atoms with van der Waals surface area (Å²) in [6.07, 6.45) is 1.70. The highest BCUT2D eigenvalue weighted by Gasteiger charge is 1.95. The summed E-state index contributed by atoms with van der Waals surface area (Å²) >= 11 is 0. The van der Waals surface area contributed by atoms with Gasteiger partial charge in [0.1, 0.15) is 11.8 Å². The van der Waals surface area contributed by atoms with Gasteiger partial charge in [-0.15, -0.1) is 0 Å². The van der Waals surface area contributed by atoms with Crippen LogP contribution in [0, 0.1) is 11.3 Å². The molecule has 0 aromatic carbocycles. The maximum absolute atomic E-state index is 8.56. The molecule has 0 bridgehead atoms. The first-order chi connectivity index (χ1) is 5.90. The number of hydrogen-bond acceptors (Lipinski definition) is 3. The van der Waals surface area contributed by atoms with Crippen LogP contribution in [-0.2, 0) is 0 Å². The molecule has 0 N–H and O–H groups in total. The van der Waals surface area contributed by atoms with Crippen LogP contribution in [0.15, 0.2) is 30.5 Å². The third-order valence-electron chi connectivity index (χ3n) is 1.57. The molecule has 12 heavy (non-hydrogen) atoms. The van der Waals surface area contributed by atoms with Crippen LogP contribution in [-0.4, -0.2) is 9.97 Å². The fourth-order valence-corrected chi connectivity index (χ4v) is 1.02. The molecule has 3 heteroatoms. The van der Waals surface area contributed by atoms with E-state index in [1.54, 1.807) is 24.4 Å². The molecule has 3 nitrogen and oxygen atoms in total. The van der Waals surface area contributed by atoms with E-state index in [4.69, 9.17) is 5.26 Å². The van der Waals surface area contributed by atoms with Crippen LogP contribution in [0.1, 0.15) is 5.69 Å². The summed E-state index contributed by atoms with van der Waals surface area (Å²) in [5.74, 6) is 0. The molecular formula is C9H5N3. The molecule has 0 atom stereocenters. The molecule has 56 valence electrons. The summed E-state index contributed by atoms with van der Waals surface area (Å²) in [4.78, 5) is 8.15. The Labute approximate surface area is 69.3 Å². The van der Waals surface area contributed by atoms with Crippen molar-refractivity contribution < 1.29 is 0 Å². The van der Waals surface area contributed by atoms with Crippen molar-refractivity contribution in [2.75, 3.05) is 0 Å². The van der Waals surface area contributed by atoms with E-state index in [1.165, 1.54) is 0 Å². The number of pyridine rings is 2. The highest BCUT2D eigenvalue weighted by atomic mass is 14.7. The number of nitrogens with zero attached hydrogens (tertiary/aromatic N) is 3. The third-order valence-corrected chi connectivity index (χ3v) is 1.57. The summed E-state index contributed by atoms with van der Waals surface area (Å²) in [5.41, 5.74) is 2.00. The van der Waals surface area contributed by atoms with Crippen molar-refractivity contribution in [3.05, 3.63) is 36.2 Å². The molecular weight excluding hydrogens is 150 g/mol. The van der Waals surface area contributed by atoms with Crippen molar-refractivity contribution in [2.45, 2.75) is 0 Å². The van der Waals surface area contributed by atoms with E-state index < -0.39 is 0 Å². The van der Waals surface area contributed by atoms with Gasteiger partial charge in [0.25, 0.3) is 0 Å². The lowest BCUT2D eigenvalue weighted by Crippen LogP contribution is -1.84. The number of rotatable bonds is 0. The number of nitriles is 1. The summed E-state index contributed by atoms with van der Waals surface area (Å²) in [6.45, 7) is 0. The fourth-order valence-electron chi connectivity index (χ4n) is 1.02.